The van der Waals surface area contributed by atoms with Crippen molar-refractivity contribution in [3.05, 3.63) is 24.3 Å². The van der Waals surface area contributed by atoms with Crippen LogP contribution in [-0.2, 0) is 4.74 Å². The Kier molecular flexibility index (Phi) is 4.13. The predicted molar refractivity (Wildman–Crippen MR) is 83.4 cm³/mol. The van der Waals surface area contributed by atoms with Crippen LogP contribution in [0.5, 0.6) is 0 Å². The zero-order chi connectivity index (χ0) is 13.9. The summed E-state index contributed by atoms with van der Waals surface area (Å²) in [5.41, 5.74) is 8.79. The molecule has 0 saturated carbocycles. The second-order valence-corrected chi connectivity index (χ2v) is 5.86. The standard InChI is InChI=1S/C16H25N3O/c1-18-8-9-19(15-5-3-2-4-14(15)18)16(12-17)13-6-10-20-11-7-13/h2-5,13,16H,6-12,17H2,1H3. The normalized spacial score (nSPS) is 21.7. The Labute approximate surface area is 121 Å². The molecule has 1 atom stereocenters. The first-order valence-electron chi connectivity index (χ1n) is 7.66. The fourth-order valence-electron chi connectivity index (χ4n) is 3.55. The number of nitrogens with zero attached hydrogens (tertiary/aromatic N) is 2. The van der Waals surface area contributed by atoms with E-state index in [0.717, 1.165) is 45.7 Å². The van der Waals surface area contributed by atoms with Crippen molar-refractivity contribution in [1.82, 2.24) is 0 Å². The molecule has 110 valence electrons. The molecule has 2 heterocycles. The van der Waals surface area contributed by atoms with Gasteiger partial charge < -0.3 is 20.3 Å². The number of fused-ring (bicyclic) bond motifs is 1. The Morgan fingerprint density at radius 2 is 1.90 bits per heavy atom. The lowest BCUT2D eigenvalue weighted by Crippen LogP contribution is -2.52. The van der Waals surface area contributed by atoms with Crippen molar-refractivity contribution in [2.75, 3.05) is 49.7 Å². The molecule has 1 unspecified atom stereocenters. The predicted octanol–water partition coefficient (Wildman–Crippen LogP) is 1.70. The largest absolute Gasteiger partial charge is 0.381 e. The van der Waals surface area contributed by atoms with Gasteiger partial charge in [0, 0.05) is 45.9 Å². The molecule has 1 aromatic carbocycles. The molecular formula is C16H25N3O. The van der Waals surface area contributed by atoms with E-state index in [1.165, 1.54) is 11.4 Å². The average molecular weight is 275 g/mol. The molecule has 20 heavy (non-hydrogen) atoms. The summed E-state index contributed by atoms with van der Waals surface area (Å²) in [5, 5.41) is 0. The van der Waals surface area contributed by atoms with Gasteiger partial charge in [0.1, 0.15) is 0 Å². The van der Waals surface area contributed by atoms with Gasteiger partial charge in [0.2, 0.25) is 0 Å². The van der Waals surface area contributed by atoms with Gasteiger partial charge in [-0.05, 0) is 30.9 Å². The zero-order valence-electron chi connectivity index (χ0n) is 12.3. The number of benzene rings is 1. The van der Waals surface area contributed by atoms with Crippen LogP contribution in [0.3, 0.4) is 0 Å². The summed E-state index contributed by atoms with van der Waals surface area (Å²) >= 11 is 0. The van der Waals surface area contributed by atoms with Crippen LogP contribution in [0.4, 0.5) is 11.4 Å². The molecule has 1 aromatic rings. The minimum Gasteiger partial charge on any atom is -0.381 e. The third-order valence-corrected chi connectivity index (χ3v) is 4.73. The maximum absolute atomic E-state index is 6.13. The van der Waals surface area contributed by atoms with Crippen molar-refractivity contribution in [2.45, 2.75) is 18.9 Å². The van der Waals surface area contributed by atoms with Crippen molar-refractivity contribution < 1.29 is 4.74 Å². The average Bonchev–Trinajstić information content (AvgIpc) is 2.52. The van der Waals surface area contributed by atoms with Crippen LogP contribution in [0.25, 0.3) is 0 Å². The highest BCUT2D eigenvalue weighted by atomic mass is 16.5. The first-order valence-corrected chi connectivity index (χ1v) is 7.66. The van der Waals surface area contributed by atoms with E-state index in [4.69, 9.17) is 10.5 Å². The Balaban J connectivity index is 1.86. The summed E-state index contributed by atoms with van der Waals surface area (Å²) in [7, 11) is 2.17. The molecule has 4 heteroatoms. The first-order chi connectivity index (χ1) is 9.81. The fraction of sp³-hybridized carbons (Fsp3) is 0.625. The van der Waals surface area contributed by atoms with Gasteiger partial charge in [-0.1, -0.05) is 12.1 Å². The quantitative estimate of drug-likeness (QED) is 0.911. The molecule has 0 spiro atoms. The molecular weight excluding hydrogens is 250 g/mol. The highest BCUT2D eigenvalue weighted by molar-refractivity contribution is 5.73. The summed E-state index contributed by atoms with van der Waals surface area (Å²) in [6.45, 7) is 4.62. The number of rotatable bonds is 3. The molecule has 0 amide bonds. The number of ether oxygens (including phenoxy) is 1. The third-order valence-electron chi connectivity index (χ3n) is 4.73. The van der Waals surface area contributed by atoms with Crippen LogP contribution in [0.15, 0.2) is 24.3 Å². The first kappa shape index (κ1) is 13.7. The molecule has 0 aromatic heterocycles. The zero-order valence-corrected chi connectivity index (χ0v) is 12.3. The van der Waals surface area contributed by atoms with E-state index < -0.39 is 0 Å². The smallest absolute Gasteiger partial charge is 0.0607 e. The van der Waals surface area contributed by atoms with Crippen molar-refractivity contribution in [2.24, 2.45) is 11.7 Å². The van der Waals surface area contributed by atoms with Crippen molar-refractivity contribution >= 4 is 11.4 Å². The van der Waals surface area contributed by atoms with E-state index >= 15 is 0 Å². The van der Waals surface area contributed by atoms with Crippen LogP contribution in [0.1, 0.15) is 12.8 Å². The lowest BCUT2D eigenvalue weighted by Gasteiger charge is -2.44. The van der Waals surface area contributed by atoms with Gasteiger partial charge in [0.15, 0.2) is 0 Å². The lowest BCUT2D eigenvalue weighted by atomic mass is 9.89. The number of hydrogen-bond donors (Lipinski definition) is 1. The SMILES string of the molecule is CN1CCN(C(CN)C2CCOCC2)c2ccccc21. The number of hydrogen-bond acceptors (Lipinski definition) is 4. The van der Waals surface area contributed by atoms with Gasteiger partial charge in [-0.25, -0.2) is 0 Å². The summed E-state index contributed by atoms with van der Waals surface area (Å²) in [5.74, 6) is 0.658. The Bertz CT molecular complexity index is 445. The highest BCUT2D eigenvalue weighted by Gasteiger charge is 2.31. The van der Waals surface area contributed by atoms with Crippen LogP contribution in [-0.4, -0.2) is 45.9 Å². The molecule has 3 rings (SSSR count). The number of para-hydroxylation sites is 2. The lowest BCUT2D eigenvalue weighted by molar-refractivity contribution is 0.0582. The molecule has 0 aliphatic carbocycles. The summed E-state index contributed by atoms with van der Waals surface area (Å²) in [6, 6.07) is 9.12. The van der Waals surface area contributed by atoms with Crippen molar-refractivity contribution in [3.63, 3.8) is 0 Å². The van der Waals surface area contributed by atoms with Gasteiger partial charge in [0.25, 0.3) is 0 Å². The molecule has 0 radical (unpaired) electrons. The van der Waals surface area contributed by atoms with E-state index in [0.29, 0.717) is 12.0 Å². The van der Waals surface area contributed by atoms with Gasteiger partial charge in [-0.3, -0.25) is 0 Å². The highest BCUT2D eigenvalue weighted by Crippen LogP contribution is 2.35. The third kappa shape index (κ3) is 2.50. The molecule has 4 nitrogen and oxygen atoms in total. The molecule has 2 aliphatic heterocycles. The Morgan fingerprint density at radius 3 is 2.60 bits per heavy atom. The topological polar surface area (TPSA) is 41.7 Å². The minimum absolute atomic E-state index is 0.439. The maximum Gasteiger partial charge on any atom is 0.0607 e. The van der Waals surface area contributed by atoms with Gasteiger partial charge in [0.05, 0.1) is 11.4 Å². The van der Waals surface area contributed by atoms with Gasteiger partial charge in [-0.15, -0.1) is 0 Å². The van der Waals surface area contributed by atoms with Crippen LogP contribution >= 0.6 is 0 Å². The van der Waals surface area contributed by atoms with Gasteiger partial charge in [-0.2, -0.15) is 0 Å². The number of likely N-dealkylation sites (N-methyl/N-ethyl adjacent to an activating group) is 1. The van der Waals surface area contributed by atoms with Crippen LogP contribution in [0, 0.1) is 5.92 Å². The molecule has 2 N–H and O–H groups in total. The second-order valence-electron chi connectivity index (χ2n) is 5.86. The van der Waals surface area contributed by atoms with E-state index in [9.17, 15) is 0 Å². The van der Waals surface area contributed by atoms with E-state index in [-0.39, 0.29) is 0 Å². The minimum atomic E-state index is 0.439. The summed E-state index contributed by atoms with van der Waals surface area (Å²) in [6.07, 6.45) is 2.27. The number of nitrogens with two attached hydrogens (primary N) is 1. The summed E-state index contributed by atoms with van der Waals surface area (Å²) in [4.78, 5) is 4.87. The number of anilines is 2. The van der Waals surface area contributed by atoms with E-state index in [1.807, 2.05) is 0 Å². The van der Waals surface area contributed by atoms with E-state index in [2.05, 4.69) is 41.1 Å². The monoisotopic (exact) mass is 275 g/mol. The Hall–Kier alpha value is -1.26. The molecule has 1 fully saturated rings. The second kappa shape index (κ2) is 6.02. The van der Waals surface area contributed by atoms with Crippen LogP contribution < -0.4 is 15.5 Å². The van der Waals surface area contributed by atoms with Crippen LogP contribution in [0.2, 0.25) is 0 Å². The van der Waals surface area contributed by atoms with E-state index in [1.54, 1.807) is 0 Å². The Morgan fingerprint density at radius 1 is 1.20 bits per heavy atom. The molecule has 2 aliphatic rings. The summed E-state index contributed by atoms with van der Waals surface area (Å²) < 4.78 is 5.50. The van der Waals surface area contributed by atoms with Crippen molar-refractivity contribution in [1.29, 1.82) is 0 Å². The molecule has 1 saturated heterocycles. The van der Waals surface area contributed by atoms with Crippen molar-refractivity contribution in [3.8, 4) is 0 Å². The van der Waals surface area contributed by atoms with Gasteiger partial charge >= 0.3 is 0 Å². The molecule has 0 bridgehead atoms. The maximum atomic E-state index is 6.13. The fourth-order valence-corrected chi connectivity index (χ4v) is 3.55.